The summed E-state index contributed by atoms with van der Waals surface area (Å²) < 4.78 is 27.0. The minimum Gasteiger partial charge on any atom is -0.326 e. The Morgan fingerprint density at radius 3 is 2.52 bits per heavy atom. The van der Waals surface area contributed by atoms with Crippen LogP contribution in [0.25, 0.3) is 0 Å². The summed E-state index contributed by atoms with van der Waals surface area (Å²) >= 11 is 1.35. The van der Waals surface area contributed by atoms with Gasteiger partial charge in [0.1, 0.15) is 0 Å². The minimum atomic E-state index is -3.55. The van der Waals surface area contributed by atoms with Crippen molar-refractivity contribution in [2.24, 2.45) is 0 Å². The number of hydrogen-bond donors (Lipinski definition) is 1. The number of carbonyl (C=O) groups excluding carboxylic acids is 2. The number of hydrogen-bond acceptors (Lipinski definition) is 5. The van der Waals surface area contributed by atoms with Gasteiger partial charge < -0.3 is 5.32 Å². The number of nitrogens with zero attached hydrogens (tertiary/aromatic N) is 1. The number of ketones is 1. The number of piperidine rings is 1. The van der Waals surface area contributed by atoms with E-state index in [4.69, 9.17) is 0 Å². The van der Waals surface area contributed by atoms with Gasteiger partial charge in [-0.1, -0.05) is 18.6 Å². The number of benzene rings is 1. The molecule has 1 aromatic heterocycles. The van der Waals surface area contributed by atoms with Gasteiger partial charge in [0.05, 0.1) is 9.77 Å². The van der Waals surface area contributed by atoms with E-state index in [0.29, 0.717) is 23.7 Å². The highest BCUT2D eigenvalue weighted by atomic mass is 32.2. The zero-order valence-corrected chi connectivity index (χ0v) is 16.5. The Kier molecular flexibility index (Phi) is 6.41. The van der Waals surface area contributed by atoms with Crippen molar-refractivity contribution in [2.45, 2.75) is 37.0 Å². The second kappa shape index (κ2) is 8.77. The van der Waals surface area contributed by atoms with Gasteiger partial charge in [-0.05, 0) is 42.5 Å². The van der Waals surface area contributed by atoms with Crippen LogP contribution in [0.4, 0.5) is 5.69 Å². The molecule has 27 heavy (non-hydrogen) atoms. The van der Waals surface area contributed by atoms with Crippen LogP contribution in [0.3, 0.4) is 0 Å². The number of thiophene rings is 1. The molecule has 3 rings (SSSR count). The molecule has 1 fully saturated rings. The van der Waals surface area contributed by atoms with Crippen molar-refractivity contribution in [3.05, 3.63) is 46.7 Å². The fourth-order valence-corrected chi connectivity index (χ4v) is 5.26. The van der Waals surface area contributed by atoms with Crippen LogP contribution in [0.5, 0.6) is 0 Å². The van der Waals surface area contributed by atoms with Crippen LogP contribution in [0.1, 0.15) is 41.8 Å². The van der Waals surface area contributed by atoms with E-state index in [0.717, 1.165) is 19.3 Å². The average molecular weight is 407 g/mol. The molecule has 144 valence electrons. The maximum atomic E-state index is 12.7. The lowest BCUT2D eigenvalue weighted by molar-refractivity contribution is -0.116. The first-order valence-electron chi connectivity index (χ1n) is 8.93. The molecule has 0 radical (unpaired) electrons. The second-order valence-corrected chi connectivity index (χ2v) is 9.33. The molecule has 6 nitrogen and oxygen atoms in total. The van der Waals surface area contributed by atoms with Gasteiger partial charge >= 0.3 is 0 Å². The predicted octanol–water partition coefficient (Wildman–Crippen LogP) is 3.52. The van der Waals surface area contributed by atoms with Gasteiger partial charge in [0.2, 0.25) is 15.9 Å². The van der Waals surface area contributed by atoms with Gasteiger partial charge in [0.15, 0.2) is 5.78 Å². The number of rotatable bonds is 7. The molecule has 0 spiro atoms. The van der Waals surface area contributed by atoms with Gasteiger partial charge in [-0.15, -0.1) is 11.3 Å². The van der Waals surface area contributed by atoms with Crippen molar-refractivity contribution >= 4 is 38.7 Å². The van der Waals surface area contributed by atoms with Gasteiger partial charge in [0, 0.05) is 31.6 Å². The summed E-state index contributed by atoms with van der Waals surface area (Å²) in [6, 6.07) is 9.81. The van der Waals surface area contributed by atoms with Crippen molar-refractivity contribution in [3.63, 3.8) is 0 Å². The Morgan fingerprint density at radius 2 is 1.81 bits per heavy atom. The first-order chi connectivity index (χ1) is 13.0. The van der Waals surface area contributed by atoms with E-state index >= 15 is 0 Å². The van der Waals surface area contributed by atoms with Crippen molar-refractivity contribution in [1.82, 2.24) is 4.31 Å². The van der Waals surface area contributed by atoms with Crippen molar-refractivity contribution < 1.29 is 18.0 Å². The molecule has 0 unspecified atom stereocenters. The molecule has 0 atom stereocenters. The summed E-state index contributed by atoms with van der Waals surface area (Å²) in [7, 11) is -3.55. The highest BCUT2D eigenvalue weighted by Gasteiger charge is 2.26. The number of nitrogens with one attached hydrogen (secondary N) is 1. The molecule has 2 heterocycles. The van der Waals surface area contributed by atoms with E-state index in [9.17, 15) is 18.0 Å². The average Bonchev–Trinajstić information content (AvgIpc) is 3.22. The van der Waals surface area contributed by atoms with Crippen molar-refractivity contribution in [2.75, 3.05) is 18.4 Å². The van der Waals surface area contributed by atoms with E-state index in [1.807, 2.05) is 5.38 Å². The van der Waals surface area contributed by atoms with Crippen LogP contribution in [-0.4, -0.2) is 37.5 Å². The van der Waals surface area contributed by atoms with Crippen LogP contribution in [0.2, 0.25) is 0 Å². The molecule has 2 aromatic rings. The molecule has 8 heteroatoms. The highest BCUT2D eigenvalue weighted by molar-refractivity contribution is 7.89. The van der Waals surface area contributed by atoms with Crippen LogP contribution < -0.4 is 5.32 Å². The first-order valence-corrected chi connectivity index (χ1v) is 11.3. The van der Waals surface area contributed by atoms with Crippen molar-refractivity contribution in [1.29, 1.82) is 0 Å². The van der Waals surface area contributed by atoms with Crippen LogP contribution in [0.15, 0.2) is 46.7 Å². The molecule has 1 saturated heterocycles. The molecular weight excluding hydrogens is 384 g/mol. The lowest BCUT2D eigenvalue weighted by Gasteiger charge is -2.26. The summed E-state index contributed by atoms with van der Waals surface area (Å²) in [5.41, 5.74) is 0.418. The topological polar surface area (TPSA) is 83.5 Å². The zero-order valence-electron chi connectivity index (χ0n) is 14.9. The Balaban J connectivity index is 1.61. The number of amides is 1. The van der Waals surface area contributed by atoms with Gasteiger partial charge in [0.25, 0.3) is 0 Å². The molecule has 1 aliphatic rings. The smallest absolute Gasteiger partial charge is 0.243 e. The third-order valence-corrected chi connectivity index (χ3v) is 7.25. The SMILES string of the molecule is O=C(CCC(=O)c1cccs1)Nc1cccc(S(=O)(=O)N2CCCCC2)c1. The first kappa shape index (κ1) is 19.7. The Labute approximate surface area is 163 Å². The zero-order chi connectivity index (χ0) is 19.3. The maximum Gasteiger partial charge on any atom is 0.243 e. The number of sulfonamides is 1. The summed E-state index contributed by atoms with van der Waals surface area (Å²) in [6.45, 7) is 1.06. The molecule has 1 aliphatic heterocycles. The summed E-state index contributed by atoms with van der Waals surface area (Å²) in [4.78, 5) is 24.9. The van der Waals surface area contributed by atoms with Crippen LogP contribution >= 0.6 is 11.3 Å². The largest absolute Gasteiger partial charge is 0.326 e. The fraction of sp³-hybridized carbons (Fsp3) is 0.368. The quantitative estimate of drug-likeness (QED) is 0.713. The van der Waals surface area contributed by atoms with Crippen LogP contribution in [0, 0.1) is 0 Å². The molecule has 1 amide bonds. The molecule has 0 saturated carbocycles. The van der Waals surface area contributed by atoms with Crippen molar-refractivity contribution in [3.8, 4) is 0 Å². The number of carbonyl (C=O) groups is 2. The fourth-order valence-electron chi connectivity index (χ4n) is 3.00. The minimum absolute atomic E-state index is 0.0554. The lowest BCUT2D eigenvalue weighted by Crippen LogP contribution is -2.35. The summed E-state index contributed by atoms with van der Waals surface area (Å²) in [5, 5.41) is 4.51. The summed E-state index contributed by atoms with van der Waals surface area (Å²) in [5.74, 6) is -0.381. The molecule has 0 aliphatic carbocycles. The van der Waals surface area contributed by atoms with E-state index in [1.54, 1.807) is 30.3 Å². The van der Waals surface area contributed by atoms with Gasteiger partial charge in [-0.2, -0.15) is 4.31 Å². The highest BCUT2D eigenvalue weighted by Crippen LogP contribution is 2.23. The lowest BCUT2D eigenvalue weighted by atomic mass is 10.2. The van der Waals surface area contributed by atoms with Gasteiger partial charge in [-0.25, -0.2) is 8.42 Å². The Hall–Kier alpha value is -2.03. The molecule has 1 N–H and O–H groups in total. The van der Waals surface area contributed by atoms with E-state index in [1.165, 1.54) is 21.7 Å². The van der Waals surface area contributed by atoms with Crippen LogP contribution in [-0.2, 0) is 14.8 Å². The summed E-state index contributed by atoms with van der Waals surface area (Å²) in [6.07, 6.45) is 2.96. The molecule has 1 aromatic carbocycles. The molecular formula is C19H22N2O4S2. The Morgan fingerprint density at radius 1 is 1.04 bits per heavy atom. The monoisotopic (exact) mass is 406 g/mol. The third kappa shape index (κ3) is 5.03. The van der Waals surface area contributed by atoms with Gasteiger partial charge in [-0.3, -0.25) is 9.59 Å². The molecule has 0 bridgehead atoms. The van der Waals surface area contributed by atoms with E-state index in [-0.39, 0.29) is 29.4 Å². The number of anilines is 1. The normalized spacial score (nSPS) is 15.4. The maximum absolute atomic E-state index is 12.7. The van der Waals surface area contributed by atoms with E-state index < -0.39 is 10.0 Å². The second-order valence-electron chi connectivity index (χ2n) is 6.44. The van der Waals surface area contributed by atoms with E-state index in [2.05, 4.69) is 5.32 Å². The standard InChI is InChI=1S/C19H22N2O4S2/c22-17(18-8-5-13-26-18)9-10-19(23)20-15-6-4-7-16(14-15)27(24,25)21-11-2-1-3-12-21/h4-8,13-14H,1-3,9-12H2,(H,20,23). The Bertz CT molecular complexity index is 902. The predicted molar refractivity (Wildman–Crippen MR) is 106 cm³/mol. The number of Topliss-reactive ketones (excluding diaryl/α,β-unsaturated/α-hetero) is 1. The third-order valence-electron chi connectivity index (χ3n) is 4.45.